The van der Waals surface area contributed by atoms with Gasteiger partial charge < -0.3 is 19.5 Å². The van der Waals surface area contributed by atoms with Crippen LogP contribution in [-0.4, -0.2) is 41.1 Å². The van der Waals surface area contributed by atoms with Crippen molar-refractivity contribution in [3.8, 4) is 34.0 Å². The lowest BCUT2D eigenvalue weighted by atomic mass is 10.0. The van der Waals surface area contributed by atoms with Gasteiger partial charge in [0.05, 0.1) is 19.8 Å². The summed E-state index contributed by atoms with van der Waals surface area (Å²) in [5.74, 6) is 1.83. The summed E-state index contributed by atoms with van der Waals surface area (Å²) in [6.45, 7) is 9.03. The van der Waals surface area contributed by atoms with Crippen molar-refractivity contribution >= 4 is 6.09 Å². The molecule has 1 amide bonds. The van der Waals surface area contributed by atoms with E-state index in [1.807, 2.05) is 69.3 Å². The molecule has 0 spiro atoms. The highest BCUT2D eigenvalue weighted by Gasteiger charge is 2.30. The largest absolute Gasteiger partial charge is 0.497 e. The maximum absolute atomic E-state index is 12.4. The summed E-state index contributed by atoms with van der Waals surface area (Å²) < 4.78 is 15.9. The van der Waals surface area contributed by atoms with Crippen LogP contribution in [0.3, 0.4) is 0 Å². The first-order valence-electron chi connectivity index (χ1n) is 10.6. The van der Waals surface area contributed by atoms with Gasteiger partial charge in [-0.05, 0) is 83.1 Å². The Morgan fingerprint density at radius 2 is 1.24 bits per heavy atom. The predicted molar refractivity (Wildman–Crippen MR) is 126 cm³/mol. The van der Waals surface area contributed by atoms with E-state index in [-0.39, 0.29) is 0 Å². The predicted octanol–water partition coefficient (Wildman–Crippen LogP) is 4.98. The number of nitrogens with zero attached hydrogens (tertiary/aromatic N) is 3. The topological polar surface area (TPSA) is 95.5 Å². The molecule has 0 aliphatic rings. The Labute approximate surface area is 194 Å². The van der Waals surface area contributed by atoms with Crippen molar-refractivity contribution in [2.75, 3.05) is 14.2 Å². The molecule has 0 unspecified atom stereocenters. The van der Waals surface area contributed by atoms with Crippen molar-refractivity contribution in [2.24, 2.45) is 0 Å². The molecule has 2 aromatic carbocycles. The normalized spacial score (nSPS) is 11.6. The van der Waals surface area contributed by atoms with Gasteiger partial charge in [0.25, 0.3) is 0 Å². The molecule has 1 heterocycles. The summed E-state index contributed by atoms with van der Waals surface area (Å²) in [4.78, 5) is 17.2. The molecule has 0 aliphatic carbocycles. The molecule has 0 aliphatic heterocycles. The van der Waals surface area contributed by atoms with Gasteiger partial charge in [-0.15, -0.1) is 10.2 Å². The third kappa shape index (κ3) is 5.97. The van der Waals surface area contributed by atoms with Crippen LogP contribution in [-0.2, 0) is 10.3 Å². The van der Waals surface area contributed by atoms with Gasteiger partial charge in [0.15, 0.2) is 5.82 Å². The SMILES string of the molecule is COc1ccc(-c2nnc(C(C)(C)NC(=O)OC(C)(C)C)nc2-c2ccc(OC)cc2)cc1. The van der Waals surface area contributed by atoms with Crippen LogP contribution in [0.25, 0.3) is 22.5 Å². The summed E-state index contributed by atoms with van der Waals surface area (Å²) in [6.07, 6.45) is -0.554. The number of ether oxygens (including phenoxy) is 3. The lowest BCUT2D eigenvalue weighted by Crippen LogP contribution is -2.45. The minimum atomic E-state index is -0.922. The molecule has 0 saturated carbocycles. The highest BCUT2D eigenvalue weighted by molar-refractivity contribution is 5.78. The zero-order valence-electron chi connectivity index (χ0n) is 20.1. The van der Waals surface area contributed by atoms with Crippen LogP contribution < -0.4 is 14.8 Å². The first kappa shape index (κ1) is 24.0. The standard InChI is InChI=1S/C25H30N4O4/c1-24(2,3)33-23(30)27-25(4,5)22-26-20(16-8-12-18(31-6)13-9-16)21(28-29-22)17-10-14-19(32-7)15-11-17/h8-15H,1-7H3,(H,27,30). The number of nitrogens with one attached hydrogen (secondary N) is 1. The molecule has 3 aromatic rings. The Bertz CT molecular complexity index is 1100. The summed E-state index contributed by atoms with van der Waals surface area (Å²) in [6, 6.07) is 15.1. The molecular formula is C25H30N4O4. The minimum Gasteiger partial charge on any atom is -0.497 e. The quantitative estimate of drug-likeness (QED) is 0.566. The number of carbonyl (C=O) groups is 1. The second-order valence-electron chi connectivity index (χ2n) is 9.04. The summed E-state index contributed by atoms with van der Waals surface area (Å²) in [5, 5.41) is 11.7. The highest BCUT2D eigenvalue weighted by Crippen LogP contribution is 2.32. The maximum Gasteiger partial charge on any atom is 0.408 e. The number of benzene rings is 2. The Morgan fingerprint density at radius 1 is 0.758 bits per heavy atom. The number of amides is 1. The second kappa shape index (κ2) is 9.44. The monoisotopic (exact) mass is 450 g/mol. The average molecular weight is 451 g/mol. The Morgan fingerprint density at radius 3 is 1.70 bits per heavy atom. The Kier molecular flexibility index (Phi) is 6.86. The number of hydrogen-bond donors (Lipinski definition) is 1. The van der Waals surface area contributed by atoms with Gasteiger partial charge in [-0.25, -0.2) is 9.78 Å². The molecule has 1 N–H and O–H groups in total. The zero-order valence-corrected chi connectivity index (χ0v) is 20.1. The smallest absolute Gasteiger partial charge is 0.408 e. The number of carbonyl (C=O) groups excluding carboxylic acids is 1. The van der Waals surface area contributed by atoms with Crippen LogP contribution in [0.4, 0.5) is 4.79 Å². The summed E-state index contributed by atoms with van der Waals surface area (Å²) in [7, 11) is 3.24. The van der Waals surface area contributed by atoms with E-state index < -0.39 is 17.2 Å². The fraction of sp³-hybridized carbons (Fsp3) is 0.360. The number of methoxy groups -OCH3 is 2. The van der Waals surface area contributed by atoms with E-state index in [4.69, 9.17) is 19.2 Å². The van der Waals surface area contributed by atoms with Crippen LogP contribution in [0.1, 0.15) is 40.4 Å². The lowest BCUT2D eigenvalue weighted by Gasteiger charge is -2.27. The van der Waals surface area contributed by atoms with Crippen LogP contribution in [0.5, 0.6) is 11.5 Å². The van der Waals surface area contributed by atoms with Crippen molar-refractivity contribution in [1.29, 1.82) is 0 Å². The number of alkyl carbamates (subject to hydrolysis) is 1. The molecule has 174 valence electrons. The third-order valence-corrected chi connectivity index (χ3v) is 4.79. The molecule has 0 atom stereocenters. The Hall–Kier alpha value is -3.68. The van der Waals surface area contributed by atoms with Gasteiger partial charge in [-0.1, -0.05) is 0 Å². The zero-order chi connectivity index (χ0) is 24.2. The fourth-order valence-electron chi connectivity index (χ4n) is 3.10. The van der Waals surface area contributed by atoms with Gasteiger partial charge in [-0.3, -0.25) is 0 Å². The number of hydrogen-bond acceptors (Lipinski definition) is 7. The van der Waals surface area contributed by atoms with Crippen molar-refractivity contribution < 1.29 is 19.0 Å². The summed E-state index contributed by atoms with van der Waals surface area (Å²) in [5.41, 5.74) is 1.38. The molecule has 33 heavy (non-hydrogen) atoms. The van der Waals surface area contributed by atoms with E-state index in [1.54, 1.807) is 28.1 Å². The van der Waals surface area contributed by atoms with E-state index >= 15 is 0 Å². The molecule has 8 nitrogen and oxygen atoms in total. The highest BCUT2D eigenvalue weighted by atomic mass is 16.6. The molecule has 3 rings (SSSR count). The molecule has 1 aromatic heterocycles. The molecule has 0 bridgehead atoms. The van der Waals surface area contributed by atoms with Gasteiger partial charge in [-0.2, -0.15) is 0 Å². The summed E-state index contributed by atoms with van der Waals surface area (Å²) >= 11 is 0. The Balaban J connectivity index is 2.05. The van der Waals surface area contributed by atoms with Gasteiger partial charge in [0, 0.05) is 11.1 Å². The van der Waals surface area contributed by atoms with E-state index in [1.165, 1.54) is 0 Å². The molecule has 0 fully saturated rings. The molecule has 8 heteroatoms. The van der Waals surface area contributed by atoms with Gasteiger partial charge in [0.2, 0.25) is 0 Å². The molecule has 0 radical (unpaired) electrons. The maximum atomic E-state index is 12.4. The molecular weight excluding hydrogens is 420 g/mol. The van der Waals surface area contributed by atoms with Crippen molar-refractivity contribution in [3.05, 3.63) is 54.4 Å². The van der Waals surface area contributed by atoms with Crippen molar-refractivity contribution in [2.45, 2.75) is 45.8 Å². The van der Waals surface area contributed by atoms with E-state index in [0.29, 0.717) is 17.2 Å². The molecule has 0 saturated heterocycles. The van der Waals surface area contributed by atoms with E-state index in [0.717, 1.165) is 22.6 Å². The number of aromatic nitrogens is 3. The first-order chi connectivity index (χ1) is 15.5. The third-order valence-electron chi connectivity index (χ3n) is 4.79. The first-order valence-corrected chi connectivity index (χ1v) is 10.6. The number of rotatable bonds is 6. The minimum absolute atomic E-state index is 0.358. The lowest BCUT2D eigenvalue weighted by molar-refractivity contribution is 0.0465. The van der Waals surface area contributed by atoms with E-state index in [9.17, 15) is 4.79 Å². The van der Waals surface area contributed by atoms with Crippen LogP contribution in [0.2, 0.25) is 0 Å². The van der Waals surface area contributed by atoms with Crippen LogP contribution in [0, 0.1) is 0 Å². The van der Waals surface area contributed by atoms with E-state index in [2.05, 4.69) is 15.5 Å². The fourth-order valence-corrected chi connectivity index (χ4v) is 3.10. The van der Waals surface area contributed by atoms with Crippen molar-refractivity contribution in [3.63, 3.8) is 0 Å². The van der Waals surface area contributed by atoms with Crippen LogP contribution in [0.15, 0.2) is 48.5 Å². The van der Waals surface area contributed by atoms with Gasteiger partial charge in [0.1, 0.15) is 28.5 Å². The van der Waals surface area contributed by atoms with Crippen molar-refractivity contribution in [1.82, 2.24) is 20.5 Å². The van der Waals surface area contributed by atoms with Crippen LogP contribution >= 0.6 is 0 Å². The average Bonchev–Trinajstić information content (AvgIpc) is 2.77. The van der Waals surface area contributed by atoms with Gasteiger partial charge >= 0.3 is 6.09 Å². The second-order valence-corrected chi connectivity index (χ2v) is 9.04.